The minimum Gasteiger partial charge on any atom is -0.481 e. The molecular weight excluding hydrogens is 236 g/mol. The van der Waals surface area contributed by atoms with Crippen molar-refractivity contribution >= 4 is 12.0 Å². The zero-order valence-electron chi connectivity index (χ0n) is 10.3. The number of amides is 2. The third-order valence-corrected chi connectivity index (χ3v) is 2.59. The number of nitrogens with zero attached hydrogens (tertiary/aromatic N) is 1. The Balaban J connectivity index is 2.15. The molecule has 1 heterocycles. The van der Waals surface area contributed by atoms with Crippen LogP contribution in [0.4, 0.5) is 4.79 Å². The largest absolute Gasteiger partial charge is 0.481 e. The molecule has 18 heavy (non-hydrogen) atoms. The zero-order chi connectivity index (χ0) is 13.4. The Hall–Kier alpha value is -2.05. The number of rotatable bonds is 7. The quantitative estimate of drug-likeness (QED) is 0.563. The van der Waals surface area contributed by atoms with Gasteiger partial charge in [-0.25, -0.2) is 9.78 Å². The number of urea groups is 1. The van der Waals surface area contributed by atoms with Gasteiger partial charge in [-0.1, -0.05) is 6.92 Å². The van der Waals surface area contributed by atoms with Crippen molar-refractivity contribution in [3.63, 3.8) is 0 Å². The molecular formula is C11H18N4O3. The second kappa shape index (κ2) is 7.31. The molecule has 0 spiro atoms. The minimum absolute atomic E-state index is 0.141. The van der Waals surface area contributed by atoms with Crippen molar-refractivity contribution < 1.29 is 14.7 Å². The summed E-state index contributed by atoms with van der Waals surface area (Å²) in [6.45, 7) is 2.39. The van der Waals surface area contributed by atoms with Gasteiger partial charge in [0.25, 0.3) is 0 Å². The molecule has 0 fully saturated rings. The molecule has 0 aliphatic carbocycles. The first-order valence-electron chi connectivity index (χ1n) is 5.85. The van der Waals surface area contributed by atoms with Crippen molar-refractivity contribution in [3.05, 3.63) is 18.2 Å². The van der Waals surface area contributed by atoms with Gasteiger partial charge in [0, 0.05) is 31.4 Å². The van der Waals surface area contributed by atoms with Crippen LogP contribution in [0.15, 0.2) is 12.5 Å². The summed E-state index contributed by atoms with van der Waals surface area (Å²) in [6, 6.07) is -0.353. The summed E-state index contributed by atoms with van der Waals surface area (Å²) >= 11 is 0. The molecule has 7 nitrogen and oxygen atoms in total. The van der Waals surface area contributed by atoms with Crippen LogP contribution in [-0.2, 0) is 11.2 Å². The number of imidazole rings is 1. The van der Waals surface area contributed by atoms with Crippen LogP contribution in [0.2, 0.25) is 0 Å². The molecule has 1 rings (SSSR count). The summed E-state index contributed by atoms with van der Waals surface area (Å²) in [5.41, 5.74) is 0.937. The van der Waals surface area contributed by atoms with Gasteiger partial charge in [-0.3, -0.25) is 4.79 Å². The van der Waals surface area contributed by atoms with Crippen LogP contribution < -0.4 is 10.6 Å². The first kappa shape index (κ1) is 14.0. The minimum atomic E-state index is -0.893. The number of aromatic amines is 1. The molecule has 0 aromatic carbocycles. The van der Waals surface area contributed by atoms with Crippen molar-refractivity contribution in [2.75, 3.05) is 13.1 Å². The van der Waals surface area contributed by atoms with E-state index in [0.29, 0.717) is 19.4 Å². The maximum atomic E-state index is 11.4. The molecule has 1 unspecified atom stereocenters. The van der Waals surface area contributed by atoms with E-state index in [0.717, 1.165) is 5.69 Å². The van der Waals surface area contributed by atoms with E-state index in [-0.39, 0.29) is 12.6 Å². The number of carbonyl (C=O) groups is 2. The molecule has 4 N–H and O–H groups in total. The Morgan fingerprint density at radius 1 is 1.50 bits per heavy atom. The summed E-state index contributed by atoms with van der Waals surface area (Å²) in [6.07, 6.45) is 4.42. The van der Waals surface area contributed by atoms with Crippen LogP contribution in [0.25, 0.3) is 0 Å². The average molecular weight is 254 g/mol. The lowest BCUT2D eigenvalue weighted by atomic mass is 10.1. The van der Waals surface area contributed by atoms with Gasteiger partial charge >= 0.3 is 12.0 Å². The molecule has 100 valence electrons. The molecule has 7 heteroatoms. The topological polar surface area (TPSA) is 107 Å². The van der Waals surface area contributed by atoms with Gasteiger partial charge in [-0.05, 0) is 6.42 Å². The molecule has 0 radical (unpaired) electrons. The molecule has 0 aliphatic heterocycles. The van der Waals surface area contributed by atoms with Gasteiger partial charge in [-0.15, -0.1) is 0 Å². The van der Waals surface area contributed by atoms with E-state index in [1.54, 1.807) is 19.4 Å². The van der Waals surface area contributed by atoms with Crippen LogP contribution in [0.3, 0.4) is 0 Å². The van der Waals surface area contributed by atoms with Gasteiger partial charge in [0.2, 0.25) is 0 Å². The van der Waals surface area contributed by atoms with Crippen LogP contribution >= 0.6 is 0 Å². The number of carboxylic acid groups (broad SMARTS) is 1. The highest BCUT2D eigenvalue weighted by molar-refractivity contribution is 5.75. The van der Waals surface area contributed by atoms with E-state index in [2.05, 4.69) is 20.6 Å². The van der Waals surface area contributed by atoms with Crippen molar-refractivity contribution in [2.24, 2.45) is 5.92 Å². The van der Waals surface area contributed by atoms with Crippen molar-refractivity contribution in [1.82, 2.24) is 20.6 Å². The summed E-state index contributed by atoms with van der Waals surface area (Å²) in [5.74, 6) is -1.43. The molecule has 1 aromatic rings. The Labute approximate surface area is 105 Å². The standard InChI is InChI=1S/C11H18N4O3/c1-2-8(10(16)17)5-14-11(18)13-4-3-9-6-12-7-15-9/h6-8H,2-5H2,1H3,(H,12,15)(H,16,17)(H2,13,14,18). The molecule has 0 saturated heterocycles. The van der Waals surface area contributed by atoms with Gasteiger partial charge in [0.1, 0.15) is 0 Å². The Morgan fingerprint density at radius 3 is 2.83 bits per heavy atom. The number of nitrogens with one attached hydrogen (secondary N) is 3. The number of carboxylic acids is 1. The molecule has 0 saturated carbocycles. The lowest BCUT2D eigenvalue weighted by molar-refractivity contribution is -0.141. The van der Waals surface area contributed by atoms with Crippen LogP contribution in [-0.4, -0.2) is 40.2 Å². The number of carbonyl (C=O) groups excluding carboxylic acids is 1. The van der Waals surface area contributed by atoms with Gasteiger partial charge < -0.3 is 20.7 Å². The smallest absolute Gasteiger partial charge is 0.314 e. The predicted molar refractivity (Wildman–Crippen MR) is 65.1 cm³/mol. The van der Waals surface area contributed by atoms with E-state index in [9.17, 15) is 9.59 Å². The highest BCUT2D eigenvalue weighted by Crippen LogP contribution is 1.99. The average Bonchev–Trinajstić information content (AvgIpc) is 2.82. The van der Waals surface area contributed by atoms with Gasteiger partial charge in [0.15, 0.2) is 0 Å². The second-order valence-electron chi connectivity index (χ2n) is 3.91. The molecule has 1 aromatic heterocycles. The summed E-state index contributed by atoms with van der Waals surface area (Å²) in [5, 5.41) is 14.0. The number of aliphatic carboxylic acids is 1. The first-order chi connectivity index (χ1) is 8.63. The van der Waals surface area contributed by atoms with Crippen LogP contribution in [0.5, 0.6) is 0 Å². The fourth-order valence-electron chi connectivity index (χ4n) is 1.42. The van der Waals surface area contributed by atoms with Crippen LogP contribution in [0.1, 0.15) is 19.0 Å². The molecule has 0 bridgehead atoms. The highest BCUT2D eigenvalue weighted by atomic mass is 16.4. The summed E-state index contributed by atoms with van der Waals surface area (Å²) < 4.78 is 0. The maximum Gasteiger partial charge on any atom is 0.314 e. The van der Waals surface area contributed by atoms with Crippen molar-refractivity contribution in [1.29, 1.82) is 0 Å². The third kappa shape index (κ3) is 4.86. The number of hydrogen-bond acceptors (Lipinski definition) is 3. The monoisotopic (exact) mass is 254 g/mol. The zero-order valence-corrected chi connectivity index (χ0v) is 10.3. The Morgan fingerprint density at radius 2 is 2.28 bits per heavy atom. The summed E-state index contributed by atoms with van der Waals surface area (Å²) in [7, 11) is 0. The van der Waals surface area contributed by atoms with Crippen molar-refractivity contribution in [2.45, 2.75) is 19.8 Å². The first-order valence-corrected chi connectivity index (χ1v) is 5.85. The number of H-pyrrole nitrogens is 1. The SMILES string of the molecule is CCC(CNC(=O)NCCc1cnc[nH]1)C(=O)O. The van der Waals surface area contributed by atoms with E-state index in [1.165, 1.54) is 0 Å². The lowest BCUT2D eigenvalue weighted by Gasteiger charge is -2.11. The second-order valence-corrected chi connectivity index (χ2v) is 3.91. The predicted octanol–water partition coefficient (Wildman–Crippen LogP) is 0.362. The number of aromatic nitrogens is 2. The van der Waals surface area contributed by atoms with Crippen LogP contribution in [0, 0.1) is 5.92 Å². The molecule has 0 aliphatic rings. The fraction of sp³-hybridized carbons (Fsp3) is 0.545. The molecule has 1 atom stereocenters. The summed E-state index contributed by atoms with van der Waals surface area (Å²) in [4.78, 5) is 28.9. The van der Waals surface area contributed by atoms with E-state index >= 15 is 0 Å². The van der Waals surface area contributed by atoms with Gasteiger partial charge in [0.05, 0.1) is 12.2 Å². The number of hydrogen-bond donors (Lipinski definition) is 4. The van der Waals surface area contributed by atoms with Gasteiger partial charge in [-0.2, -0.15) is 0 Å². The van der Waals surface area contributed by atoms with E-state index in [1.807, 2.05) is 0 Å². The Bertz CT molecular complexity index is 378. The maximum absolute atomic E-state index is 11.4. The van der Waals surface area contributed by atoms with E-state index in [4.69, 9.17) is 5.11 Å². The Kier molecular flexibility index (Phi) is 5.69. The lowest BCUT2D eigenvalue weighted by Crippen LogP contribution is -2.40. The van der Waals surface area contributed by atoms with Crippen molar-refractivity contribution in [3.8, 4) is 0 Å². The highest BCUT2D eigenvalue weighted by Gasteiger charge is 2.15. The molecule has 2 amide bonds. The fourth-order valence-corrected chi connectivity index (χ4v) is 1.42. The third-order valence-electron chi connectivity index (χ3n) is 2.59. The van der Waals surface area contributed by atoms with E-state index < -0.39 is 11.9 Å². The normalized spacial score (nSPS) is 11.8.